The van der Waals surface area contributed by atoms with Crippen LogP contribution in [0.5, 0.6) is 0 Å². The van der Waals surface area contributed by atoms with E-state index in [1.807, 2.05) is 48.5 Å². The highest BCUT2D eigenvalue weighted by Gasteiger charge is 2.25. The first-order valence-corrected chi connectivity index (χ1v) is 11.6. The van der Waals surface area contributed by atoms with Gasteiger partial charge in [-0.05, 0) is 55.2 Å². The Labute approximate surface area is 191 Å². The fraction of sp³-hybridized carbons (Fsp3) is 0.200. The van der Waals surface area contributed by atoms with Crippen LogP contribution in [0.3, 0.4) is 0 Å². The summed E-state index contributed by atoms with van der Waals surface area (Å²) in [6.07, 6.45) is 5.65. The lowest BCUT2D eigenvalue weighted by Crippen LogP contribution is -2.26. The van der Waals surface area contributed by atoms with Crippen LogP contribution >= 0.6 is 11.8 Å². The number of rotatable bonds is 7. The largest absolute Gasteiger partial charge is 0.349 e. The van der Waals surface area contributed by atoms with Crippen LogP contribution in [0.4, 0.5) is 0 Å². The van der Waals surface area contributed by atoms with Gasteiger partial charge in [-0.3, -0.25) is 14.3 Å². The van der Waals surface area contributed by atoms with Crippen LogP contribution in [0.15, 0.2) is 78.2 Å². The first kappa shape index (κ1) is 20.5. The van der Waals surface area contributed by atoms with Crippen LogP contribution in [0.25, 0.3) is 17.1 Å². The Balaban J connectivity index is 1.48. The smallest absolute Gasteiger partial charge is 0.251 e. The lowest BCUT2D eigenvalue weighted by Gasteiger charge is -2.13. The number of carbonyl (C=O) groups is 1. The predicted octanol–water partition coefficient (Wildman–Crippen LogP) is 4.82. The minimum atomic E-state index is 0.00143. The summed E-state index contributed by atoms with van der Waals surface area (Å²) in [7, 11) is 0. The number of aryl methyl sites for hydroxylation is 1. The number of nitrogens with one attached hydrogen (secondary N) is 1. The molecule has 2 aromatic heterocycles. The Morgan fingerprint density at radius 2 is 1.78 bits per heavy atom. The molecular formula is C25H23N5OS. The van der Waals surface area contributed by atoms with Crippen molar-refractivity contribution >= 4 is 17.7 Å². The summed E-state index contributed by atoms with van der Waals surface area (Å²) in [4.78, 5) is 16.8. The van der Waals surface area contributed by atoms with Gasteiger partial charge in [-0.1, -0.05) is 48.2 Å². The van der Waals surface area contributed by atoms with Crippen LogP contribution in [0, 0.1) is 6.92 Å². The average molecular weight is 442 g/mol. The standard InChI is InChI=1S/C25H23N5OS/c1-17-6-2-5-9-22(17)30-23(18-12-14-26-15-13-18)28-29-25(30)32-16-19-7-3-4-8-21(19)24(31)27-20-10-11-20/h2-9,12-15,20H,10-11,16H2,1H3,(H,27,31). The number of amides is 1. The number of para-hydroxylation sites is 1. The molecule has 0 spiro atoms. The molecule has 0 atom stereocenters. The van der Waals surface area contributed by atoms with Crippen molar-refractivity contribution < 1.29 is 4.79 Å². The van der Waals surface area contributed by atoms with Gasteiger partial charge >= 0.3 is 0 Å². The highest BCUT2D eigenvalue weighted by molar-refractivity contribution is 7.98. The lowest BCUT2D eigenvalue weighted by molar-refractivity contribution is 0.0950. The molecule has 1 saturated carbocycles. The molecule has 1 amide bonds. The van der Waals surface area contributed by atoms with Crippen LogP contribution in [0.2, 0.25) is 0 Å². The Bertz CT molecular complexity index is 1250. The molecular weight excluding hydrogens is 418 g/mol. The van der Waals surface area contributed by atoms with E-state index >= 15 is 0 Å². The fourth-order valence-electron chi connectivity index (χ4n) is 3.58. The van der Waals surface area contributed by atoms with Crippen molar-refractivity contribution in [2.75, 3.05) is 0 Å². The molecule has 1 aliphatic rings. The van der Waals surface area contributed by atoms with Crippen LogP contribution in [0.1, 0.15) is 34.3 Å². The molecule has 6 nitrogen and oxygen atoms in total. The van der Waals surface area contributed by atoms with E-state index in [-0.39, 0.29) is 5.91 Å². The quantitative estimate of drug-likeness (QED) is 0.416. The van der Waals surface area contributed by atoms with E-state index in [1.54, 1.807) is 24.2 Å². The normalized spacial score (nSPS) is 13.2. The molecule has 0 aliphatic heterocycles. The highest BCUT2D eigenvalue weighted by atomic mass is 32.2. The SMILES string of the molecule is Cc1ccccc1-n1c(SCc2ccccc2C(=O)NC2CC2)nnc1-c1ccncc1. The molecule has 0 saturated heterocycles. The van der Waals surface area contributed by atoms with E-state index < -0.39 is 0 Å². The Morgan fingerprint density at radius 3 is 2.56 bits per heavy atom. The van der Waals surface area contributed by atoms with E-state index in [2.05, 4.69) is 44.1 Å². The van der Waals surface area contributed by atoms with E-state index in [0.717, 1.165) is 51.8 Å². The van der Waals surface area contributed by atoms with E-state index in [9.17, 15) is 4.79 Å². The van der Waals surface area contributed by atoms with E-state index in [1.165, 1.54) is 0 Å². The minimum absolute atomic E-state index is 0.00143. The highest BCUT2D eigenvalue weighted by Crippen LogP contribution is 2.31. The van der Waals surface area contributed by atoms with E-state index in [4.69, 9.17) is 0 Å². The molecule has 0 bridgehead atoms. The second-order valence-corrected chi connectivity index (χ2v) is 8.80. The molecule has 1 aliphatic carbocycles. The summed E-state index contributed by atoms with van der Waals surface area (Å²) in [5, 5.41) is 12.9. The third-order valence-electron chi connectivity index (χ3n) is 5.46. The van der Waals surface area contributed by atoms with Crippen molar-refractivity contribution in [3.05, 3.63) is 89.7 Å². The third kappa shape index (κ3) is 4.29. The monoisotopic (exact) mass is 441 g/mol. The zero-order valence-electron chi connectivity index (χ0n) is 17.7. The maximum atomic E-state index is 12.7. The number of aromatic nitrogens is 4. The topological polar surface area (TPSA) is 72.7 Å². The Kier molecular flexibility index (Phi) is 5.73. The Hall–Kier alpha value is -3.45. The number of nitrogens with zero attached hydrogens (tertiary/aromatic N) is 4. The molecule has 2 aromatic carbocycles. The summed E-state index contributed by atoms with van der Waals surface area (Å²) in [5.41, 5.74) is 4.83. The first-order chi connectivity index (χ1) is 15.7. The van der Waals surface area contributed by atoms with Crippen molar-refractivity contribution in [2.24, 2.45) is 0 Å². The van der Waals surface area contributed by atoms with Gasteiger partial charge < -0.3 is 5.32 Å². The van der Waals surface area contributed by atoms with Gasteiger partial charge in [-0.25, -0.2) is 0 Å². The number of hydrogen-bond donors (Lipinski definition) is 1. The number of pyridine rings is 1. The summed E-state index contributed by atoms with van der Waals surface area (Å²) in [6, 6.07) is 20.2. The van der Waals surface area contributed by atoms with Gasteiger partial charge in [-0.15, -0.1) is 10.2 Å². The predicted molar refractivity (Wildman–Crippen MR) is 126 cm³/mol. The van der Waals surface area contributed by atoms with Gasteiger partial charge in [0, 0.05) is 35.3 Å². The lowest BCUT2D eigenvalue weighted by atomic mass is 10.1. The van der Waals surface area contributed by atoms with Gasteiger partial charge in [0.25, 0.3) is 5.91 Å². The maximum absolute atomic E-state index is 12.7. The number of hydrogen-bond acceptors (Lipinski definition) is 5. The van der Waals surface area contributed by atoms with Crippen LogP contribution < -0.4 is 5.32 Å². The molecule has 1 fully saturated rings. The van der Waals surface area contributed by atoms with Crippen molar-refractivity contribution in [3.8, 4) is 17.1 Å². The average Bonchev–Trinajstić information content (AvgIpc) is 3.54. The number of thioether (sulfide) groups is 1. The second kappa shape index (κ2) is 8.96. The van der Waals surface area contributed by atoms with Gasteiger partial charge in [0.1, 0.15) is 0 Å². The number of carbonyl (C=O) groups excluding carboxylic acids is 1. The van der Waals surface area contributed by atoms with Gasteiger partial charge in [0.2, 0.25) is 0 Å². The molecule has 0 radical (unpaired) electrons. The molecule has 5 rings (SSSR count). The third-order valence-corrected chi connectivity index (χ3v) is 6.44. The van der Waals surface area contributed by atoms with Crippen molar-refractivity contribution in [2.45, 2.75) is 36.7 Å². The molecule has 2 heterocycles. The molecule has 4 aromatic rings. The van der Waals surface area contributed by atoms with E-state index in [0.29, 0.717) is 11.8 Å². The van der Waals surface area contributed by atoms with Crippen molar-refractivity contribution in [1.29, 1.82) is 0 Å². The summed E-state index contributed by atoms with van der Waals surface area (Å²) >= 11 is 1.58. The molecule has 160 valence electrons. The van der Waals surface area contributed by atoms with Crippen LogP contribution in [-0.2, 0) is 5.75 Å². The van der Waals surface area contributed by atoms with Crippen molar-refractivity contribution in [3.63, 3.8) is 0 Å². The first-order valence-electron chi connectivity index (χ1n) is 10.6. The number of benzene rings is 2. The summed E-state index contributed by atoms with van der Waals surface area (Å²) < 4.78 is 2.09. The van der Waals surface area contributed by atoms with Crippen molar-refractivity contribution in [1.82, 2.24) is 25.1 Å². The summed E-state index contributed by atoms with van der Waals surface area (Å²) in [5.74, 6) is 1.39. The molecule has 32 heavy (non-hydrogen) atoms. The maximum Gasteiger partial charge on any atom is 0.251 e. The zero-order valence-corrected chi connectivity index (χ0v) is 18.5. The fourth-order valence-corrected chi connectivity index (χ4v) is 4.53. The van der Waals surface area contributed by atoms with Gasteiger partial charge in [-0.2, -0.15) is 0 Å². The molecule has 1 N–H and O–H groups in total. The minimum Gasteiger partial charge on any atom is -0.349 e. The Morgan fingerprint density at radius 1 is 1.03 bits per heavy atom. The van der Waals surface area contributed by atoms with Crippen LogP contribution in [-0.4, -0.2) is 31.7 Å². The second-order valence-electron chi connectivity index (χ2n) is 7.86. The molecule has 7 heteroatoms. The van der Waals surface area contributed by atoms with Gasteiger partial charge in [0.15, 0.2) is 11.0 Å². The summed E-state index contributed by atoms with van der Waals surface area (Å²) in [6.45, 7) is 2.08. The molecule has 0 unspecified atom stereocenters. The van der Waals surface area contributed by atoms with Gasteiger partial charge in [0.05, 0.1) is 5.69 Å². The zero-order chi connectivity index (χ0) is 21.9.